The van der Waals surface area contributed by atoms with Crippen LogP contribution in [0.15, 0.2) is 22.8 Å². The highest BCUT2D eigenvalue weighted by atomic mass is 16.3. The third kappa shape index (κ3) is 1.90. The molecule has 0 aliphatic carbocycles. The Morgan fingerprint density at radius 3 is 3.00 bits per heavy atom. The summed E-state index contributed by atoms with van der Waals surface area (Å²) >= 11 is 0. The van der Waals surface area contributed by atoms with Gasteiger partial charge in [-0.25, -0.2) is 0 Å². The Morgan fingerprint density at radius 2 is 2.56 bits per heavy atom. The van der Waals surface area contributed by atoms with Crippen LogP contribution in [0.25, 0.3) is 0 Å². The van der Waals surface area contributed by atoms with Gasteiger partial charge in [0.1, 0.15) is 5.76 Å². The van der Waals surface area contributed by atoms with Crippen LogP contribution in [0.5, 0.6) is 0 Å². The van der Waals surface area contributed by atoms with Gasteiger partial charge in [-0.2, -0.15) is 0 Å². The van der Waals surface area contributed by atoms with Crippen LogP contribution in [0.3, 0.4) is 0 Å². The number of hydrogen-bond acceptors (Lipinski definition) is 2. The van der Waals surface area contributed by atoms with Gasteiger partial charge < -0.3 is 10.2 Å². The molecule has 0 unspecified atom stereocenters. The van der Waals surface area contributed by atoms with Crippen LogP contribution in [0.4, 0.5) is 0 Å². The third-order valence-corrected chi connectivity index (χ3v) is 1.10. The summed E-state index contributed by atoms with van der Waals surface area (Å²) in [7, 11) is 0. The van der Waals surface area contributed by atoms with Gasteiger partial charge in [0, 0.05) is 12.5 Å². The zero-order valence-corrected chi connectivity index (χ0v) is 5.50. The zero-order valence-electron chi connectivity index (χ0n) is 5.50. The molecule has 2 nitrogen and oxygen atoms in total. The van der Waals surface area contributed by atoms with Crippen molar-refractivity contribution in [3.63, 3.8) is 0 Å². The molecule has 0 fully saturated rings. The summed E-state index contributed by atoms with van der Waals surface area (Å²) in [4.78, 5) is 0. The van der Waals surface area contributed by atoms with E-state index in [0.29, 0.717) is 0 Å². The smallest absolute Gasteiger partial charge is 0.105 e. The number of rotatable bonds is 2. The maximum atomic E-state index is 5.52. The summed E-state index contributed by atoms with van der Waals surface area (Å²) in [5.41, 5.74) is 5.52. The molecule has 0 spiro atoms. The summed E-state index contributed by atoms with van der Waals surface area (Å²) in [6.07, 6.45) is 2.49. The van der Waals surface area contributed by atoms with Crippen molar-refractivity contribution in [3.05, 3.63) is 24.2 Å². The quantitative estimate of drug-likeness (QED) is 0.644. The van der Waals surface area contributed by atoms with Crippen LogP contribution in [0.2, 0.25) is 0 Å². The van der Waals surface area contributed by atoms with E-state index in [4.69, 9.17) is 10.2 Å². The molecule has 1 atom stereocenters. The third-order valence-electron chi connectivity index (χ3n) is 1.10. The van der Waals surface area contributed by atoms with Crippen LogP contribution in [0.1, 0.15) is 12.7 Å². The van der Waals surface area contributed by atoms with Gasteiger partial charge in [0.25, 0.3) is 0 Å². The first kappa shape index (κ1) is 6.36. The minimum Gasteiger partial charge on any atom is -0.469 e. The van der Waals surface area contributed by atoms with Gasteiger partial charge in [0.2, 0.25) is 0 Å². The Hall–Kier alpha value is -0.760. The molecule has 0 amide bonds. The Kier molecular flexibility index (Phi) is 1.90. The molecular weight excluding hydrogens is 114 g/mol. The highest BCUT2D eigenvalue weighted by molar-refractivity contribution is 4.99. The lowest BCUT2D eigenvalue weighted by Crippen LogP contribution is -2.17. The SMILES string of the molecule is C[C@@H](N)Cc1ccco1. The fraction of sp³-hybridized carbons (Fsp3) is 0.429. The molecule has 50 valence electrons. The van der Waals surface area contributed by atoms with Gasteiger partial charge in [-0.1, -0.05) is 0 Å². The Labute approximate surface area is 54.7 Å². The van der Waals surface area contributed by atoms with Crippen LogP contribution in [0, 0.1) is 0 Å². The molecule has 0 saturated heterocycles. The molecule has 0 radical (unpaired) electrons. The van der Waals surface area contributed by atoms with E-state index >= 15 is 0 Å². The maximum absolute atomic E-state index is 5.52. The highest BCUT2D eigenvalue weighted by Gasteiger charge is 1.97. The Morgan fingerprint density at radius 1 is 1.78 bits per heavy atom. The van der Waals surface area contributed by atoms with Crippen molar-refractivity contribution in [2.45, 2.75) is 19.4 Å². The molecule has 1 heterocycles. The van der Waals surface area contributed by atoms with Gasteiger partial charge in [-0.15, -0.1) is 0 Å². The normalized spacial score (nSPS) is 13.6. The van der Waals surface area contributed by atoms with Crippen molar-refractivity contribution in [2.24, 2.45) is 5.73 Å². The van der Waals surface area contributed by atoms with E-state index in [2.05, 4.69) is 0 Å². The first-order chi connectivity index (χ1) is 4.29. The van der Waals surface area contributed by atoms with Crippen molar-refractivity contribution in [2.75, 3.05) is 0 Å². The number of hydrogen-bond donors (Lipinski definition) is 1. The van der Waals surface area contributed by atoms with Gasteiger partial charge >= 0.3 is 0 Å². The summed E-state index contributed by atoms with van der Waals surface area (Å²) in [6, 6.07) is 4.00. The van der Waals surface area contributed by atoms with Crippen molar-refractivity contribution in [1.82, 2.24) is 0 Å². The van der Waals surface area contributed by atoms with Gasteiger partial charge in [-0.05, 0) is 19.1 Å². The second kappa shape index (κ2) is 2.69. The standard InChI is InChI=1S/C7H11NO/c1-6(8)5-7-3-2-4-9-7/h2-4,6H,5,8H2,1H3/t6-/m1/s1. The van der Waals surface area contributed by atoms with E-state index in [9.17, 15) is 0 Å². The van der Waals surface area contributed by atoms with Crippen molar-refractivity contribution in [3.8, 4) is 0 Å². The summed E-state index contributed by atoms with van der Waals surface area (Å²) in [5, 5.41) is 0. The fourth-order valence-corrected chi connectivity index (χ4v) is 0.746. The summed E-state index contributed by atoms with van der Waals surface area (Å²) < 4.78 is 5.06. The largest absolute Gasteiger partial charge is 0.469 e. The Bertz CT molecular complexity index is 155. The van der Waals surface area contributed by atoms with Gasteiger partial charge in [0.15, 0.2) is 0 Å². The second-order valence-electron chi connectivity index (χ2n) is 2.26. The Balaban J connectivity index is 2.48. The van der Waals surface area contributed by atoms with E-state index in [1.807, 2.05) is 19.1 Å². The molecule has 0 aliphatic rings. The molecule has 1 rings (SSSR count). The van der Waals surface area contributed by atoms with E-state index < -0.39 is 0 Å². The predicted molar refractivity (Wildman–Crippen MR) is 36.1 cm³/mol. The molecule has 0 aliphatic heterocycles. The van der Waals surface area contributed by atoms with Gasteiger partial charge in [0.05, 0.1) is 6.26 Å². The van der Waals surface area contributed by atoms with E-state index in [-0.39, 0.29) is 6.04 Å². The first-order valence-electron chi connectivity index (χ1n) is 3.07. The lowest BCUT2D eigenvalue weighted by atomic mass is 10.2. The topological polar surface area (TPSA) is 39.2 Å². The van der Waals surface area contributed by atoms with Crippen LogP contribution >= 0.6 is 0 Å². The molecular formula is C7H11NO. The van der Waals surface area contributed by atoms with Gasteiger partial charge in [-0.3, -0.25) is 0 Å². The van der Waals surface area contributed by atoms with E-state index in [1.165, 1.54) is 0 Å². The molecule has 1 aromatic heterocycles. The van der Waals surface area contributed by atoms with Crippen molar-refractivity contribution >= 4 is 0 Å². The maximum Gasteiger partial charge on any atom is 0.105 e. The van der Waals surface area contributed by atoms with Crippen molar-refractivity contribution in [1.29, 1.82) is 0 Å². The van der Waals surface area contributed by atoms with Crippen LogP contribution < -0.4 is 5.73 Å². The number of nitrogens with two attached hydrogens (primary N) is 1. The van der Waals surface area contributed by atoms with E-state index in [0.717, 1.165) is 12.2 Å². The molecule has 0 aromatic carbocycles. The molecule has 0 saturated carbocycles. The van der Waals surface area contributed by atoms with Crippen LogP contribution in [-0.4, -0.2) is 6.04 Å². The van der Waals surface area contributed by atoms with E-state index in [1.54, 1.807) is 6.26 Å². The summed E-state index contributed by atoms with van der Waals surface area (Å²) in [6.45, 7) is 1.96. The molecule has 2 heteroatoms. The summed E-state index contributed by atoms with van der Waals surface area (Å²) in [5.74, 6) is 0.963. The number of furan rings is 1. The molecule has 1 aromatic rings. The lowest BCUT2D eigenvalue weighted by Gasteiger charge is -1.98. The predicted octanol–water partition coefficient (Wildman–Crippen LogP) is 1.17. The average molecular weight is 125 g/mol. The molecule has 2 N–H and O–H groups in total. The highest BCUT2D eigenvalue weighted by Crippen LogP contribution is 2.01. The zero-order chi connectivity index (χ0) is 6.69. The fourth-order valence-electron chi connectivity index (χ4n) is 0.746. The van der Waals surface area contributed by atoms with Crippen molar-refractivity contribution < 1.29 is 4.42 Å². The molecule has 9 heavy (non-hydrogen) atoms. The average Bonchev–Trinajstić information content (AvgIpc) is 2.15. The lowest BCUT2D eigenvalue weighted by molar-refractivity contribution is 0.492. The molecule has 0 bridgehead atoms. The minimum atomic E-state index is 0.191. The van der Waals surface area contributed by atoms with Crippen LogP contribution in [-0.2, 0) is 6.42 Å². The first-order valence-corrected chi connectivity index (χ1v) is 3.07. The monoisotopic (exact) mass is 125 g/mol. The second-order valence-corrected chi connectivity index (χ2v) is 2.26. The minimum absolute atomic E-state index is 0.191.